The van der Waals surface area contributed by atoms with Gasteiger partial charge in [-0.2, -0.15) is 5.10 Å². The molecule has 0 atom stereocenters. The fraction of sp³-hybridized carbons (Fsp3) is 0.786. The molecular weight excluding hydrogens is 391 g/mol. The van der Waals surface area contributed by atoms with Gasteiger partial charge in [-0.3, -0.25) is 4.68 Å². The van der Waals surface area contributed by atoms with Crippen molar-refractivity contribution in [3.63, 3.8) is 0 Å². The van der Waals surface area contributed by atoms with Crippen molar-refractivity contribution < 1.29 is 0 Å². The first-order valence-electron chi connectivity index (χ1n) is 6.71. The summed E-state index contributed by atoms with van der Waals surface area (Å²) in [5.41, 5.74) is 2.34. The minimum Gasteiger partial charge on any atom is -0.271 e. The number of hydrogen-bond donors (Lipinski definition) is 0. The molecule has 0 amide bonds. The van der Waals surface area contributed by atoms with Crippen molar-refractivity contribution in [2.45, 2.75) is 40.0 Å². The van der Waals surface area contributed by atoms with E-state index in [-0.39, 0.29) is 5.41 Å². The van der Waals surface area contributed by atoms with Gasteiger partial charge in [0.15, 0.2) is 0 Å². The number of alkyl halides is 2. The monoisotopic (exact) mass is 412 g/mol. The van der Waals surface area contributed by atoms with Crippen LogP contribution in [0, 0.1) is 11.3 Å². The molecule has 0 spiro atoms. The Morgan fingerprint density at radius 3 is 2.26 bits per heavy atom. The highest BCUT2D eigenvalue weighted by molar-refractivity contribution is 9.09. The maximum absolute atomic E-state index is 6.47. The molecule has 0 aliphatic carbocycles. The number of halogens is 3. The Balaban J connectivity index is 3.06. The van der Waals surface area contributed by atoms with Crippen LogP contribution in [-0.2, 0) is 19.9 Å². The summed E-state index contributed by atoms with van der Waals surface area (Å²) in [4.78, 5) is 0. The maximum Gasteiger partial charge on any atom is 0.0849 e. The van der Waals surface area contributed by atoms with Crippen LogP contribution in [0.25, 0.3) is 0 Å². The fourth-order valence-electron chi connectivity index (χ4n) is 2.54. The molecule has 2 nitrogen and oxygen atoms in total. The lowest BCUT2D eigenvalue weighted by Crippen LogP contribution is -2.30. The molecule has 19 heavy (non-hydrogen) atoms. The molecule has 0 aromatic carbocycles. The third-order valence-electron chi connectivity index (χ3n) is 3.45. The number of nitrogens with zero attached hydrogens (tertiary/aromatic N) is 2. The molecule has 0 aliphatic heterocycles. The van der Waals surface area contributed by atoms with Gasteiger partial charge in [-0.05, 0) is 30.6 Å². The molecule has 0 aliphatic rings. The van der Waals surface area contributed by atoms with Gasteiger partial charge in [0.1, 0.15) is 0 Å². The summed E-state index contributed by atoms with van der Waals surface area (Å²) < 4.78 is 1.95. The quantitative estimate of drug-likeness (QED) is 0.574. The first kappa shape index (κ1) is 17.5. The van der Waals surface area contributed by atoms with Gasteiger partial charge in [-0.1, -0.05) is 64.2 Å². The zero-order valence-electron chi connectivity index (χ0n) is 12.1. The lowest BCUT2D eigenvalue weighted by Gasteiger charge is -2.32. The highest BCUT2D eigenvalue weighted by Crippen LogP contribution is 2.37. The summed E-state index contributed by atoms with van der Waals surface area (Å²) in [7, 11) is 1.99. The topological polar surface area (TPSA) is 17.8 Å². The van der Waals surface area contributed by atoms with Gasteiger partial charge in [-0.25, -0.2) is 0 Å². The van der Waals surface area contributed by atoms with E-state index in [1.807, 2.05) is 11.7 Å². The largest absolute Gasteiger partial charge is 0.271 e. The Bertz CT molecular complexity index is 412. The average molecular weight is 415 g/mol. The Morgan fingerprint density at radius 1 is 1.32 bits per heavy atom. The number of aromatic nitrogens is 2. The van der Waals surface area contributed by atoms with E-state index in [0.29, 0.717) is 5.92 Å². The Labute approximate surface area is 138 Å². The number of hydrogen-bond acceptors (Lipinski definition) is 1. The van der Waals surface area contributed by atoms with Crippen LogP contribution in [0.1, 0.15) is 38.6 Å². The van der Waals surface area contributed by atoms with E-state index in [4.69, 9.17) is 11.6 Å². The molecular formula is C14H23Br2ClN2. The zero-order valence-corrected chi connectivity index (χ0v) is 16.1. The molecule has 0 fully saturated rings. The highest BCUT2D eigenvalue weighted by atomic mass is 79.9. The van der Waals surface area contributed by atoms with Gasteiger partial charge in [0.25, 0.3) is 0 Å². The van der Waals surface area contributed by atoms with Crippen molar-refractivity contribution in [3.05, 3.63) is 16.4 Å². The predicted molar refractivity (Wildman–Crippen MR) is 90.8 cm³/mol. The summed E-state index contributed by atoms with van der Waals surface area (Å²) in [5, 5.41) is 7.29. The van der Waals surface area contributed by atoms with E-state index in [9.17, 15) is 0 Å². The molecule has 0 saturated heterocycles. The third-order valence-corrected chi connectivity index (χ3v) is 6.27. The molecule has 5 heteroatoms. The molecule has 0 unspecified atom stereocenters. The molecule has 1 rings (SSSR count). The van der Waals surface area contributed by atoms with Crippen LogP contribution in [0.4, 0.5) is 0 Å². The second-order valence-corrected chi connectivity index (χ2v) is 7.23. The highest BCUT2D eigenvalue weighted by Gasteiger charge is 2.32. The smallest absolute Gasteiger partial charge is 0.0849 e. The molecule has 0 N–H and O–H groups in total. The van der Waals surface area contributed by atoms with Crippen LogP contribution >= 0.6 is 43.5 Å². The van der Waals surface area contributed by atoms with Crippen molar-refractivity contribution in [1.82, 2.24) is 9.78 Å². The van der Waals surface area contributed by atoms with Gasteiger partial charge in [0.2, 0.25) is 0 Å². The summed E-state index contributed by atoms with van der Waals surface area (Å²) in [6.45, 7) is 6.62. The van der Waals surface area contributed by atoms with Gasteiger partial charge >= 0.3 is 0 Å². The lowest BCUT2D eigenvalue weighted by molar-refractivity contribution is 0.298. The van der Waals surface area contributed by atoms with Crippen molar-refractivity contribution in [2.24, 2.45) is 18.4 Å². The van der Waals surface area contributed by atoms with E-state index in [1.54, 1.807) is 0 Å². The molecule has 0 bridgehead atoms. The molecule has 1 aromatic heterocycles. The van der Waals surface area contributed by atoms with E-state index in [1.165, 1.54) is 0 Å². The van der Waals surface area contributed by atoms with Crippen molar-refractivity contribution in [1.29, 1.82) is 0 Å². The molecule has 0 saturated carbocycles. The van der Waals surface area contributed by atoms with Crippen molar-refractivity contribution in [3.8, 4) is 0 Å². The molecule has 1 heterocycles. The van der Waals surface area contributed by atoms with Gasteiger partial charge in [0.05, 0.1) is 16.4 Å². The molecule has 1 aromatic rings. The van der Waals surface area contributed by atoms with Crippen LogP contribution in [0.2, 0.25) is 5.02 Å². The predicted octanol–water partition coefficient (Wildman–Crippen LogP) is 5.00. The molecule has 0 radical (unpaired) electrons. The maximum atomic E-state index is 6.47. The second-order valence-electron chi connectivity index (χ2n) is 5.73. The normalized spacial score (nSPS) is 12.4. The van der Waals surface area contributed by atoms with E-state index in [2.05, 4.69) is 57.7 Å². The summed E-state index contributed by atoms with van der Waals surface area (Å²) in [6.07, 6.45) is 2.99. The summed E-state index contributed by atoms with van der Waals surface area (Å²) in [6, 6.07) is 0. The number of rotatable bonds is 7. The van der Waals surface area contributed by atoms with Crippen molar-refractivity contribution >= 4 is 43.5 Å². The van der Waals surface area contributed by atoms with Crippen LogP contribution in [-0.4, -0.2) is 20.4 Å². The van der Waals surface area contributed by atoms with E-state index in [0.717, 1.165) is 46.3 Å². The second kappa shape index (κ2) is 7.46. The van der Waals surface area contributed by atoms with Gasteiger partial charge < -0.3 is 0 Å². The van der Waals surface area contributed by atoms with E-state index < -0.39 is 0 Å². The minimum absolute atomic E-state index is 0.191. The van der Waals surface area contributed by atoms with Crippen LogP contribution in [0.15, 0.2) is 0 Å². The summed E-state index contributed by atoms with van der Waals surface area (Å²) in [5.74, 6) is 0.660. The van der Waals surface area contributed by atoms with E-state index >= 15 is 0 Å². The standard InChI is InChI=1S/C14H23Br2ClN2/c1-5-11-13(17)12(19(4)18-11)7-14(8-15,9-16)6-10(2)3/h10H,5-9H2,1-4H3. The summed E-state index contributed by atoms with van der Waals surface area (Å²) >= 11 is 13.9. The van der Waals surface area contributed by atoms with Crippen LogP contribution in [0.5, 0.6) is 0 Å². The fourth-order valence-corrected chi connectivity index (χ4v) is 4.69. The average Bonchev–Trinajstić information content (AvgIpc) is 2.64. The first-order chi connectivity index (χ1) is 8.89. The zero-order chi connectivity index (χ0) is 14.6. The number of aryl methyl sites for hydroxylation is 2. The SMILES string of the molecule is CCc1nn(C)c(CC(CBr)(CBr)CC(C)C)c1Cl. The van der Waals surface area contributed by atoms with Crippen molar-refractivity contribution in [2.75, 3.05) is 10.7 Å². The first-order valence-corrected chi connectivity index (χ1v) is 9.33. The third kappa shape index (κ3) is 4.21. The van der Waals surface area contributed by atoms with Crippen LogP contribution < -0.4 is 0 Å². The molecule has 110 valence electrons. The Kier molecular flexibility index (Phi) is 6.88. The van der Waals surface area contributed by atoms with Gasteiger partial charge in [-0.15, -0.1) is 0 Å². The Hall–Kier alpha value is 0.460. The lowest BCUT2D eigenvalue weighted by atomic mass is 9.80. The Morgan fingerprint density at radius 2 is 1.89 bits per heavy atom. The van der Waals surface area contributed by atoms with Gasteiger partial charge in [0, 0.05) is 17.7 Å². The van der Waals surface area contributed by atoms with Crippen LogP contribution in [0.3, 0.4) is 0 Å². The minimum atomic E-state index is 0.191.